The first-order valence-electron chi connectivity index (χ1n) is 7.71. The number of nitrogens with one attached hydrogen (secondary N) is 2. The highest BCUT2D eigenvalue weighted by Crippen LogP contribution is 2.36. The monoisotopic (exact) mass is 385 g/mol. The molecule has 2 heterocycles. The summed E-state index contributed by atoms with van der Waals surface area (Å²) in [4.78, 5) is 29.5. The molecule has 0 bridgehead atoms. The van der Waals surface area contributed by atoms with Crippen molar-refractivity contribution in [3.8, 4) is 11.5 Å². The second kappa shape index (κ2) is 6.78. The van der Waals surface area contributed by atoms with E-state index in [2.05, 4.69) is 15.6 Å². The van der Waals surface area contributed by atoms with Crippen molar-refractivity contribution < 1.29 is 14.3 Å². The molecular weight excluding hydrogens is 374 g/mol. The normalized spacial score (nSPS) is 12.3. The fourth-order valence-corrected chi connectivity index (χ4v) is 3.46. The molecule has 0 radical (unpaired) electrons. The molecule has 0 unspecified atom stereocenters. The highest BCUT2D eigenvalue weighted by atomic mass is 35.5. The Morgan fingerprint density at radius 2 is 2.08 bits per heavy atom. The molecule has 6 nitrogen and oxygen atoms in total. The number of para-hydroxylation sites is 1. The minimum atomic E-state index is -0.281. The number of aromatic nitrogens is 1. The number of thiazole rings is 1. The van der Waals surface area contributed by atoms with Crippen LogP contribution in [0.2, 0.25) is 4.47 Å². The topological polar surface area (TPSA) is 80.3 Å². The van der Waals surface area contributed by atoms with Crippen LogP contribution >= 0.6 is 22.9 Å². The van der Waals surface area contributed by atoms with Crippen molar-refractivity contribution in [2.45, 2.75) is 6.54 Å². The van der Waals surface area contributed by atoms with Crippen molar-refractivity contribution in [2.24, 2.45) is 0 Å². The van der Waals surface area contributed by atoms with Crippen LogP contribution in [-0.2, 0) is 6.54 Å². The zero-order valence-electron chi connectivity index (χ0n) is 13.3. The number of nitrogens with zero attached hydrogens (tertiary/aromatic N) is 1. The minimum Gasteiger partial charge on any atom is -0.454 e. The number of halogens is 1. The first kappa shape index (κ1) is 16.6. The highest BCUT2D eigenvalue weighted by molar-refractivity contribution is 7.15. The van der Waals surface area contributed by atoms with Crippen LogP contribution in [0.3, 0.4) is 0 Å². The van der Waals surface area contributed by atoms with Gasteiger partial charge >= 0.3 is 0 Å². The summed E-state index contributed by atoms with van der Waals surface area (Å²) < 4.78 is 6.23. The van der Waals surface area contributed by atoms with Crippen molar-refractivity contribution in [3.05, 3.63) is 69.1 Å². The zero-order chi connectivity index (χ0) is 18.1. The molecule has 3 aromatic rings. The molecule has 1 aromatic heterocycles. The molecule has 2 aromatic carbocycles. The molecule has 130 valence electrons. The number of carbonyl (C=O) groups excluding carboxylic acids is 2. The van der Waals surface area contributed by atoms with Gasteiger partial charge in [0.2, 0.25) is 0 Å². The SMILES string of the molecule is O=C(NCc1cnc(Cl)s1)c1ccc2c(c1)NC(=O)c1ccccc1O2. The van der Waals surface area contributed by atoms with E-state index in [9.17, 15) is 9.59 Å². The second-order valence-electron chi connectivity index (χ2n) is 5.53. The van der Waals surface area contributed by atoms with Gasteiger partial charge in [-0.1, -0.05) is 23.7 Å². The molecule has 0 fully saturated rings. The molecule has 0 spiro atoms. The van der Waals surface area contributed by atoms with Crippen LogP contribution in [0.1, 0.15) is 25.6 Å². The fourth-order valence-electron chi connectivity index (χ4n) is 2.54. The van der Waals surface area contributed by atoms with E-state index in [4.69, 9.17) is 16.3 Å². The maximum absolute atomic E-state index is 12.4. The molecule has 0 atom stereocenters. The molecule has 8 heteroatoms. The Kier molecular flexibility index (Phi) is 4.32. The number of hydrogen-bond donors (Lipinski definition) is 2. The number of rotatable bonds is 3. The van der Waals surface area contributed by atoms with Gasteiger partial charge in [0.15, 0.2) is 10.2 Å². The molecule has 2 N–H and O–H groups in total. The summed E-state index contributed by atoms with van der Waals surface area (Å²) in [5.41, 5.74) is 1.30. The fraction of sp³-hybridized carbons (Fsp3) is 0.0556. The second-order valence-corrected chi connectivity index (χ2v) is 7.22. The number of benzene rings is 2. The minimum absolute atomic E-state index is 0.270. The van der Waals surface area contributed by atoms with E-state index in [1.54, 1.807) is 48.7 Å². The lowest BCUT2D eigenvalue weighted by Crippen LogP contribution is -2.22. The van der Waals surface area contributed by atoms with E-state index in [1.165, 1.54) is 11.3 Å². The molecule has 26 heavy (non-hydrogen) atoms. The molecule has 1 aliphatic heterocycles. The Morgan fingerprint density at radius 3 is 2.88 bits per heavy atom. The number of hydrogen-bond acceptors (Lipinski definition) is 5. The summed E-state index contributed by atoms with van der Waals surface area (Å²) >= 11 is 7.09. The smallest absolute Gasteiger partial charge is 0.259 e. The maximum Gasteiger partial charge on any atom is 0.259 e. The Bertz CT molecular complexity index is 1020. The quantitative estimate of drug-likeness (QED) is 0.711. The van der Waals surface area contributed by atoms with Crippen LogP contribution in [-0.4, -0.2) is 16.8 Å². The van der Waals surface area contributed by atoms with Crippen molar-refractivity contribution in [3.63, 3.8) is 0 Å². The molecule has 1 aliphatic rings. The summed E-state index contributed by atoms with van der Waals surface area (Å²) in [5.74, 6) is 0.404. The van der Waals surface area contributed by atoms with Crippen LogP contribution < -0.4 is 15.4 Å². The van der Waals surface area contributed by atoms with Gasteiger partial charge < -0.3 is 15.4 Å². The summed E-state index contributed by atoms with van der Waals surface area (Å²) in [6.07, 6.45) is 1.62. The van der Waals surface area contributed by atoms with Gasteiger partial charge in [0.1, 0.15) is 5.75 Å². The predicted octanol–water partition coefficient (Wildman–Crippen LogP) is 4.08. The van der Waals surface area contributed by atoms with E-state index in [0.717, 1.165) is 4.88 Å². The third-order valence-corrected chi connectivity index (χ3v) is 4.90. The maximum atomic E-state index is 12.4. The first-order valence-corrected chi connectivity index (χ1v) is 8.90. The van der Waals surface area contributed by atoms with Gasteiger partial charge in [-0.3, -0.25) is 9.59 Å². The molecule has 2 amide bonds. The summed E-state index contributed by atoms with van der Waals surface area (Å²) in [7, 11) is 0. The third-order valence-electron chi connectivity index (χ3n) is 3.79. The Labute approximate surface area is 157 Å². The summed E-state index contributed by atoms with van der Waals surface area (Å²) in [6.45, 7) is 0.328. The van der Waals surface area contributed by atoms with Gasteiger partial charge in [0.25, 0.3) is 11.8 Å². The molecule has 0 saturated heterocycles. The number of fused-ring (bicyclic) bond motifs is 2. The number of anilines is 1. The number of carbonyl (C=O) groups is 2. The van der Waals surface area contributed by atoms with E-state index < -0.39 is 0 Å². The molecule has 0 saturated carbocycles. The van der Waals surface area contributed by atoms with Crippen molar-refractivity contribution in [2.75, 3.05) is 5.32 Å². The largest absolute Gasteiger partial charge is 0.454 e. The van der Waals surface area contributed by atoms with Gasteiger partial charge in [-0.2, -0.15) is 0 Å². The van der Waals surface area contributed by atoms with Crippen LogP contribution in [0.5, 0.6) is 11.5 Å². The molecule has 4 rings (SSSR count). The Hall–Kier alpha value is -2.90. The number of amides is 2. The van der Waals surface area contributed by atoms with Crippen LogP contribution in [0, 0.1) is 0 Å². The average molecular weight is 386 g/mol. The molecule has 0 aliphatic carbocycles. The molecular formula is C18H12ClN3O3S. The summed E-state index contributed by atoms with van der Waals surface area (Å²) in [6, 6.07) is 11.9. The zero-order valence-corrected chi connectivity index (χ0v) is 14.9. The van der Waals surface area contributed by atoms with Crippen molar-refractivity contribution in [1.82, 2.24) is 10.3 Å². The standard InChI is InChI=1S/C18H12ClN3O3S/c19-18-21-9-11(26-18)8-20-16(23)10-5-6-15-13(7-10)22-17(24)12-3-1-2-4-14(12)25-15/h1-7,9H,8H2,(H,20,23)(H,22,24). The van der Waals surface area contributed by atoms with E-state index in [0.29, 0.717) is 39.3 Å². The first-order chi connectivity index (χ1) is 12.6. The van der Waals surface area contributed by atoms with E-state index in [1.807, 2.05) is 0 Å². The van der Waals surface area contributed by atoms with Crippen molar-refractivity contribution in [1.29, 1.82) is 0 Å². The lowest BCUT2D eigenvalue weighted by atomic mass is 10.1. The van der Waals surface area contributed by atoms with Gasteiger partial charge in [0.05, 0.1) is 17.8 Å². The van der Waals surface area contributed by atoms with Gasteiger partial charge in [-0.15, -0.1) is 11.3 Å². The third kappa shape index (κ3) is 3.26. The Morgan fingerprint density at radius 1 is 1.23 bits per heavy atom. The Balaban J connectivity index is 1.55. The average Bonchev–Trinajstić information content (AvgIpc) is 3.00. The van der Waals surface area contributed by atoms with Gasteiger partial charge in [0, 0.05) is 16.6 Å². The summed E-state index contributed by atoms with van der Waals surface area (Å²) in [5, 5.41) is 5.58. The van der Waals surface area contributed by atoms with Gasteiger partial charge in [-0.25, -0.2) is 4.98 Å². The van der Waals surface area contributed by atoms with Gasteiger partial charge in [-0.05, 0) is 30.3 Å². The predicted molar refractivity (Wildman–Crippen MR) is 99.2 cm³/mol. The lowest BCUT2D eigenvalue weighted by molar-refractivity contribution is 0.0950. The van der Waals surface area contributed by atoms with E-state index >= 15 is 0 Å². The highest BCUT2D eigenvalue weighted by Gasteiger charge is 2.21. The van der Waals surface area contributed by atoms with E-state index in [-0.39, 0.29) is 11.8 Å². The van der Waals surface area contributed by atoms with Crippen molar-refractivity contribution >= 4 is 40.4 Å². The van der Waals surface area contributed by atoms with Crippen LogP contribution in [0.25, 0.3) is 0 Å². The van der Waals surface area contributed by atoms with Crippen LogP contribution in [0.15, 0.2) is 48.7 Å². The van der Waals surface area contributed by atoms with Crippen LogP contribution in [0.4, 0.5) is 5.69 Å². The number of ether oxygens (including phenoxy) is 1. The lowest BCUT2D eigenvalue weighted by Gasteiger charge is -2.10.